The number of hydrogen-bond acceptors (Lipinski definition) is 4. The Morgan fingerprint density at radius 2 is 2.15 bits per heavy atom. The number of carboxylic acids is 1. The number of hydrogen-bond donors (Lipinski definition) is 3. The molecule has 0 aromatic heterocycles. The van der Waals surface area contributed by atoms with Crippen molar-refractivity contribution in [1.29, 1.82) is 0 Å². The summed E-state index contributed by atoms with van der Waals surface area (Å²) in [5, 5.41) is 19.7. The molecule has 1 rings (SSSR count). The lowest BCUT2D eigenvalue weighted by Gasteiger charge is -2.09. The summed E-state index contributed by atoms with van der Waals surface area (Å²) in [6.45, 7) is -0.416. The van der Waals surface area contributed by atoms with Gasteiger partial charge in [0.25, 0.3) is 5.91 Å². The van der Waals surface area contributed by atoms with Crippen LogP contribution in [0, 0.1) is 5.82 Å². The lowest BCUT2D eigenvalue weighted by Crippen LogP contribution is -2.33. The molecule has 1 aromatic rings. The number of halogens is 2. The highest BCUT2D eigenvalue weighted by atomic mass is 79.9. The summed E-state index contributed by atoms with van der Waals surface area (Å²) in [5.41, 5.74) is 0. The minimum Gasteiger partial charge on any atom is -0.481 e. The third-order valence-electron chi connectivity index (χ3n) is 2.28. The van der Waals surface area contributed by atoms with E-state index >= 15 is 0 Å². The van der Waals surface area contributed by atoms with E-state index in [2.05, 4.69) is 21.2 Å². The van der Waals surface area contributed by atoms with Gasteiger partial charge >= 0.3 is 5.97 Å². The summed E-state index contributed by atoms with van der Waals surface area (Å²) < 4.78 is 18.9. The van der Waals surface area contributed by atoms with Crippen molar-refractivity contribution in [3.05, 3.63) is 28.5 Å². The molecule has 1 amide bonds. The van der Waals surface area contributed by atoms with Gasteiger partial charge < -0.3 is 20.3 Å². The van der Waals surface area contributed by atoms with E-state index in [9.17, 15) is 14.0 Å². The number of aliphatic carboxylic acids is 1. The topological polar surface area (TPSA) is 95.9 Å². The van der Waals surface area contributed by atoms with Crippen molar-refractivity contribution in [2.75, 3.05) is 13.2 Å². The third kappa shape index (κ3) is 5.54. The van der Waals surface area contributed by atoms with Crippen molar-refractivity contribution in [2.24, 2.45) is 0 Å². The van der Waals surface area contributed by atoms with E-state index in [1.165, 1.54) is 12.1 Å². The molecule has 0 bridgehead atoms. The number of aliphatic hydroxyl groups excluding tert-OH is 1. The van der Waals surface area contributed by atoms with E-state index < -0.39 is 30.4 Å². The van der Waals surface area contributed by atoms with Gasteiger partial charge in [0.15, 0.2) is 24.3 Å². The maximum Gasteiger partial charge on any atom is 0.332 e. The fraction of sp³-hybridized carbons (Fsp3) is 0.333. The van der Waals surface area contributed by atoms with Crippen LogP contribution in [0.5, 0.6) is 5.75 Å². The molecule has 0 saturated carbocycles. The first-order chi connectivity index (χ1) is 9.40. The van der Waals surface area contributed by atoms with Gasteiger partial charge in [0.2, 0.25) is 0 Å². The van der Waals surface area contributed by atoms with E-state index in [1.807, 2.05) is 0 Å². The number of carbonyl (C=O) groups excluding carboxylic acids is 1. The van der Waals surface area contributed by atoms with Crippen LogP contribution in [0.2, 0.25) is 0 Å². The molecule has 1 atom stereocenters. The van der Waals surface area contributed by atoms with E-state index in [1.54, 1.807) is 6.07 Å². The zero-order chi connectivity index (χ0) is 15.1. The normalized spacial score (nSPS) is 11.8. The number of amides is 1. The lowest BCUT2D eigenvalue weighted by molar-refractivity contribution is -0.147. The second-order valence-electron chi connectivity index (χ2n) is 3.86. The first kappa shape index (κ1) is 16.4. The summed E-state index contributed by atoms with van der Waals surface area (Å²) in [4.78, 5) is 21.7. The van der Waals surface area contributed by atoms with Gasteiger partial charge in [-0.25, -0.2) is 9.18 Å². The predicted octanol–water partition coefficient (Wildman–Crippen LogP) is 0.919. The Hall–Kier alpha value is -1.67. The van der Waals surface area contributed by atoms with Crippen LogP contribution < -0.4 is 10.1 Å². The summed E-state index contributed by atoms with van der Waals surface area (Å²) in [7, 11) is 0. The number of aliphatic hydroxyl groups is 1. The van der Waals surface area contributed by atoms with E-state index in [0.29, 0.717) is 4.47 Å². The summed E-state index contributed by atoms with van der Waals surface area (Å²) >= 11 is 3.09. The number of nitrogens with one attached hydrogen (secondary N) is 1. The van der Waals surface area contributed by atoms with Crippen molar-refractivity contribution < 1.29 is 28.9 Å². The Labute approximate surface area is 122 Å². The number of benzene rings is 1. The first-order valence-electron chi connectivity index (χ1n) is 5.65. The van der Waals surface area contributed by atoms with Crippen LogP contribution in [-0.2, 0) is 9.59 Å². The number of carbonyl (C=O) groups is 2. The largest absolute Gasteiger partial charge is 0.481 e. The van der Waals surface area contributed by atoms with E-state index in [4.69, 9.17) is 14.9 Å². The minimum absolute atomic E-state index is 0.0154. The molecule has 0 heterocycles. The van der Waals surface area contributed by atoms with Gasteiger partial charge in [0.05, 0.1) is 0 Å². The molecule has 6 nitrogen and oxygen atoms in total. The Morgan fingerprint density at radius 1 is 1.45 bits per heavy atom. The Kier molecular flexibility index (Phi) is 6.40. The van der Waals surface area contributed by atoms with Crippen LogP contribution >= 0.6 is 15.9 Å². The van der Waals surface area contributed by atoms with Gasteiger partial charge in [-0.3, -0.25) is 4.79 Å². The molecule has 0 unspecified atom stereocenters. The highest BCUT2D eigenvalue weighted by molar-refractivity contribution is 9.10. The van der Waals surface area contributed by atoms with Crippen LogP contribution in [0.15, 0.2) is 22.7 Å². The highest BCUT2D eigenvalue weighted by Gasteiger charge is 2.13. The third-order valence-corrected chi connectivity index (χ3v) is 2.77. The van der Waals surface area contributed by atoms with Gasteiger partial charge in [0, 0.05) is 17.4 Å². The minimum atomic E-state index is -1.53. The van der Waals surface area contributed by atoms with Crippen LogP contribution in [0.25, 0.3) is 0 Å². The molecule has 8 heteroatoms. The Balaban J connectivity index is 2.31. The van der Waals surface area contributed by atoms with Crippen molar-refractivity contribution in [3.8, 4) is 5.75 Å². The molecular weight excluding hydrogens is 337 g/mol. The quantitative estimate of drug-likeness (QED) is 0.680. The SMILES string of the molecule is O=C(COc1ccc(Br)cc1F)NCC[C@H](O)C(=O)O. The van der Waals surface area contributed by atoms with Gasteiger partial charge in [-0.1, -0.05) is 15.9 Å². The average molecular weight is 350 g/mol. The van der Waals surface area contributed by atoms with Gasteiger partial charge in [0.1, 0.15) is 0 Å². The van der Waals surface area contributed by atoms with Gasteiger partial charge in [-0.2, -0.15) is 0 Å². The molecule has 3 N–H and O–H groups in total. The Bertz CT molecular complexity index is 497. The molecule has 110 valence electrons. The second-order valence-corrected chi connectivity index (χ2v) is 4.77. The average Bonchev–Trinajstić information content (AvgIpc) is 2.37. The molecule has 1 aromatic carbocycles. The predicted molar refractivity (Wildman–Crippen MR) is 70.9 cm³/mol. The molecule has 0 fully saturated rings. The molecule has 0 spiro atoms. The van der Waals surface area contributed by atoms with E-state index in [-0.39, 0.29) is 18.7 Å². The smallest absolute Gasteiger partial charge is 0.332 e. The molecular formula is C12H13BrFNO5. The van der Waals surface area contributed by atoms with Gasteiger partial charge in [-0.15, -0.1) is 0 Å². The zero-order valence-corrected chi connectivity index (χ0v) is 11.9. The molecule has 0 saturated heterocycles. The van der Waals surface area contributed by atoms with Crippen molar-refractivity contribution >= 4 is 27.8 Å². The summed E-state index contributed by atoms with van der Waals surface area (Å²) in [6.07, 6.45) is -1.64. The molecule has 0 radical (unpaired) electrons. The maximum absolute atomic E-state index is 13.4. The van der Waals surface area contributed by atoms with Crippen LogP contribution in [0.1, 0.15) is 6.42 Å². The maximum atomic E-state index is 13.4. The molecule has 0 aliphatic carbocycles. The first-order valence-corrected chi connectivity index (χ1v) is 6.45. The highest BCUT2D eigenvalue weighted by Crippen LogP contribution is 2.21. The standard InChI is InChI=1S/C12H13BrFNO5/c13-7-1-2-10(8(14)5-7)20-6-11(17)15-4-3-9(16)12(18)19/h1-2,5,9,16H,3-4,6H2,(H,15,17)(H,18,19)/t9-/m0/s1. The molecule has 0 aliphatic heterocycles. The zero-order valence-electron chi connectivity index (χ0n) is 10.3. The van der Waals surface area contributed by atoms with Gasteiger partial charge in [-0.05, 0) is 18.2 Å². The number of ether oxygens (including phenoxy) is 1. The molecule has 0 aliphatic rings. The fourth-order valence-corrected chi connectivity index (χ4v) is 1.59. The fourth-order valence-electron chi connectivity index (χ4n) is 1.26. The van der Waals surface area contributed by atoms with E-state index in [0.717, 1.165) is 0 Å². The monoisotopic (exact) mass is 349 g/mol. The summed E-state index contributed by atoms with van der Waals surface area (Å²) in [5.74, 6) is -2.56. The second kappa shape index (κ2) is 7.81. The van der Waals surface area contributed by atoms with Crippen LogP contribution in [-0.4, -0.2) is 41.3 Å². The van der Waals surface area contributed by atoms with Crippen LogP contribution in [0.4, 0.5) is 4.39 Å². The number of rotatable bonds is 7. The van der Waals surface area contributed by atoms with Crippen LogP contribution in [0.3, 0.4) is 0 Å². The summed E-state index contributed by atoms with van der Waals surface area (Å²) in [6, 6.07) is 4.15. The van der Waals surface area contributed by atoms with Crippen molar-refractivity contribution in [2.45, 2.75) is 12.5 Å². The Morgan fingerprint density at radius 3 is 2.75 bits per heavy atom. The number of carboxylic acid groups (broad SMARTS) is 1. The lowest BCUT2D eigenvalue weighted by atomic mass is 10.2. The van der Waals surface area contributed by atoms with Crippen molar-refractivity contribution in [1.82, 2.24) is 5.32 Å². The van der Waals surface area contributed by atoms with Crippen molar-refractivity contribution in [3.63, 3.8) is 0 Å². The molecule has 20 heavy (non-hydrogen) atoms.